The van der Waals surface area contributed by atoms with Crippen LogP contribution >= 0.6 is 0 Å². The molecule has 0 bridgehead atoms. The molecule has 7 heteroatoms. The zero-order valence-corrected chi connectivity index (χ0v) is 13.3. The van der Waals surface area contributed by atoms with Crippen molar-refractivity contribution in [1.29, 1.82) is 0 Å². The second kappa shape index (κ2) is 6.00. The Morgan fingerprint density at radius 1 is 1.43 bits per heavy atom. The van der Waals surface area contributed by atoms with Crippen LogP contribution in [0.5, 0.6) is 5.75 Å². The summed E-state index contributed by atoms with van der Waals surface area (Å²) in [6.07, 6.45) is 2.79. The number of carbonyl (C=O) groups is 2. The van der Waals surface area contributed by atoms with Crippen molar-refractivity contribution >= 4 is 17.3 Å². The number of esters is 1. The van der Waals surface area contributed by atoms with Crippen molar-refractivity contribution in [3.8, 4) is 5.75 Å². The van der Waals surface area contributed by atoms with Crippen LogP contribution in [0.4, 0.5) is 0 Å². The lowest BCUT2D eigenvalue weighted by molar-refractivity contribution is -0.143. The first-order valence-electron chi connectivity index (χ1n) is 7.32. The number of ether oxygens (including phenoxy) is 3. The summed E-state index contributed by atoms with van der Waals surface area (Å²) in [6, 6.07) is 1.82. The lowest BCUT2D eigenvalue weighted by atomic mass is 9.85. The van der Waals surface area contributed by atoms with Crippen molar-refractivity contribution in [2.24, 2.45) is 5.92 Å². The summed E-state index contributed by atoms with van der Waals surface area (Å²) < 4.78 is 16.9. The molecule has 0 amide bonds. The number of rotatable bonds is 4. The topological polar surface area (TPSA) is 79.1 Å². The first-order chi connectivity index (χ1) is 11.1. The van der Waals surface area contributed by atoms with Gasteiger partial charge in [0.2, 0.25) is 0 Å². The fourth-order valence-corrected chi connectivity index (χ4v) is 2.94. The van der Waals surface area contributed by atoms with Gasteiger partial charge in [0, 0.05) is 13.3 Å². The predicted octanol–water partition coefficient (Wildman–Crippen LogP) is 1.54. The van der Waals surface area contributed by atoms with Gasteiger partial charge in [0.25, 0.3) is 0 Å². The Labute approximate surface area is 133 Å². The number of aryl methyl sites for hydroxylation is 2. The number of hydrogen-bond donors (Lipinski definition) is 0. The van der Waals surface area contributed by atoms with Crippen LogP contribution in [0.2, 0.25) is 0 Å². The molecule has 1 atom stereocenters. The van der Waals surface area contributed by atoms with Gasteiger partial charge in [-0.25, -0.2) is 4.52 Å². The van der Waals surface area contributed by atoms with E-state index in [1.54, 1.807) is 4.52 Å². The lowest BCUT2D eigenvalue weighted by Crippen LogP contribution is -2.30. The second-order valence-electron chi connectivity index (χ2n) is 5.53. The average Bonchev–Trinajstić information content (AvgIpc) is 2.91. The van der Waals surface area contributed by atoms with E-state index in [2.05, 4.69) is 5.10 Å². The Hall–Kier alpha value is -2.41. The molecule has 3 rings (SSSR count). The predicted molar refractivity (Wildman–Crippen MR) is 80.6 cm³/mol. The summed E-state index contributed by atoms with van der Waals surface area (Å²) in [7, 11) is 2.81. The highest BCUT2D eigenvalue weighted by atomic mass is 16.7. The van der Waals surface area contributed by atoms with E-state index in [4.69, 9.17) is 14.2 Å². The molecule has 1 aliphatic rings. The molecule has 23 heavy (non-hydrogen) atoms. The van der Waals surface area contributed by atoms with Gasteiger partial charge < -0.3 is 14.2 Å². The first-order valence-corrected chi connectivity index (χ1v) is 7.32. The normalized spacial score (nSPS) is 17.2. The van der Waals surface area contributed by atoms with Gasteiger partial charge in [-0.15, -0.1) is 0 Å². The van der Waals surface area contributed by atoms with Crippen molar-refractivity contribution in [1.82, 2.24) is 9.61 Å². The van der Waals surface area contributed by atoms with Crippen LogP contribution in [-0.2, 0) is 20.7 Å². The zero-order valence-electron chi connectivity index (χ0n) is 13.3. The van der Waals surface area contributed by atoms with Crippen LogP contribution in [0.25, 0.3) is 5.52 Å². The van der Waals surface area contributed by atoms with E-state index in [9.17, 15) is 9.59 Å². The average molecular weight is 318 g/mol. The fraction of sp³-hybridized carbons (Fsp3) is 0.438. The molecule has 0 saturated heterocycles. The third-order valence-electron chi connectivity index (χ3n) is 3.95. The monoisotopic (exact) mass is 318 g/mol. The molecular weight excluding hydrogens is 300 g/mol. The molecule has 1 aliphatic carbocycles. The molecule has 0 saturated carbocycles. The Balaban J connectivity index is 2.15. The summed E-state index contributed by atoms with van der Waals surface area (Å²) in [5.74, 6) is -1.04. The van der Waals surface area contributed by atoms with Crippen molar-refractivity contribution in [3.05, 3.63) is 29.1 Å². The van der Waals surface area contributed by atoms with Gasteiger partial charge in [-0.3, -0.25) is 9.59 Å². The molecule has 0 aliphatic heterocycles. The highest BCUT2D eigenvalue weighted by Gasteiger charge is 2.37. The van der Waals surface area contributed by atoms with Gasteiger partial charge in [-0.1, -0.05) is 0 Å². The SMILES string of the molecule is COCOc1cc(C)cn2nc3c(c12)C(=O)C(C(=O)OC)CC3. The van der Waals surface area contributed by atoms with E-state index in [1.807, 2.05) is 19.2 Å². The number of nitrogens with zero attached hydrogens (tertiary/aromatic N) is 2. The number of carbonyl (C=O) groups excluding carboxylic acids is 2. The molecule has 0 radical (unpaired) electrons. The molecule has 0 fully saturated rings. The lowest BCUT2D eigenvalue weighted by Gasteiger charge is -2.18. The number of fused-ring (bicyclic) bond motifs is 3. The Kier molecular flexibility index (Phi) is 4.04. The number of methoxy groups -OCH3 is 2. The summed E-state index contributed by atoms with van der Waals surface area (Å²) in [6.45, 7) is 1.98. The van der Waals surface area contributed by atoms with E-state index < -0.39 is 11.9 Å². The van der Waals surface area contributed by atoms with Crippen molar-refractivity contribution in [2.45, 2.75) is 19.8 Å². The van der Waals surface area contributed by atoms with Gasteiger partial charge >= 0.3 is 5.97 Å². The standard InChI is InChI=1S/C16H18N2O5/c1-9-6-12(23-8-21-2)14-13-11(17-18(14)7-9)5-4-10(15(13)19)16(20)22-3/h6-7,10H,4-5,8H2,1-3H3. The van der Waals surface area contributed by atoms with Crippen LogP contribution in [0.3, 0.4) is 0 Å². The van der Waals surface area contributed by atoms with Gasteiger partial charge in [0.05, 0.1) is 18.4 Å². The third-order valence-corrected chi connectivity index (χ3v) is 3.95. The number of Topliss-reactive ketones (excluding diaryl/α,β-unsaturated/α-hetero) is 1. The van der Waals surface area contributed by atoms with Crippen molar-refractivity contribution in [3.63, 3.8) is 0 Å². The summed E-state index contributed by atoms with van der Waals surface area (Å²) in [5, 5.41) is 4.48. The molecule has 1 unspecified atom stereocenters. The highest BCUT2D eigenvalue weighted by Crippen LogP contribution is 2.34. The number of hydrogen-bond acceptors (Lipinski definition) is 6. The minimum absolute atomic E-state index is 0.0632. The van der Waals surface area contributed by atoms with Crippen LogP contribution in [0, 0.1) is 12.8 Å². The number of ketones is 1. The van der Waals surface area contributed by atoms with Crippen LogP contribution in [0.15, 0.2) is 12.3 Å². The maximum Gasteiger partial charge on any atom is 0.316 e. The van der Waals surface area contributed by atoms with E-state index in [1.165, 1.54) is 14.2 Å². The summed E-state index contributed by atoms with van der Waals surface area (Å²) >= 11 is 0. The van der Waals surface area contributed by atoms with Crippen molar-refractivity contribution < 1.29 is 23.8 Å². The first kappa shape index (κ1) is 15.5. The highest BCUT2D eigenvalue weighted by molar-refractivity contribution is 6.14. The van der Waals surface area contributed by atoms with Crippen molar-refractivity contribution in [2.75, 3.05) is 21.0 Å². The molecular formula is C16H18N2O5. The molecule has 2 aromatic rings. The number of aromatic nitrogens is 2. The Morgan fingerprint density at radius 2 is 2.22 bits per heavy atom. The fourth-order valence-electron chi connectivity index (χ4n) is 2.94. The minimum Gasteiger partial charge on any atom is -0.468 e. The molecule has 7 nitrogen and oxygen atoms in total. The maximum absolute atomic E-state index is 12.8. The van der Waals surface area contributed by atoms with Gasteiger partial charge in [-0.05, 0) is 31.4 Å². The smallest absolute Gasteiger partial charge is 0.316 e. The molecule has 0 N–H and O–H groups in total. The van der Waals surface area contributed by atoms with Crippen LogP contribution < -0.4 is 4.74 Å². The van der Waals surface area contributed by atoms with Gasteiger partial charge in [0.15, 0.2) is 12.6 Å². The van der Waals surface area contributed by atoms with Crippen LogP contribution in [0.1, 0.15) is 28.0 Å². The third kappa shape index (κ3) is 2.57. The van der Waals surface area contributed by atoms with E-state index in [0.29, 0.717) is 35.4 Å². The second-order valence-corrected chi connectivity index (χ2v) is 5.53. The largest absolute Gasteiger partial charge is 0.468 e. The molecule has 0 aromatic carbocycles. The minimum atomic E-state index is -0.780. The van der Waals surface area contributed by atoms with E-state index >= 15 is 0 Å². The summed E-state index contributed by atoms with van der Waals surface area (Å²) in [4.78, 5) is 24.6. The van der Waals surface area contributed by atoms with E-state index in [-0.39, 0.29) is 12.6 Å². The molecule has 122 valence electrons. The van der Waals surface area contributed by atoms with Crippen LogP contribution in [-0.4, -0.2) is 42.4 Å². The van der Waals surface area contributed by atoms with E-state index in [0.717, 1.165) is 5.56 Å². The molecule has 2 heterocycles. The molecule has 0 spiro atoms. The Morgan fingerprint density at radius 3 is 2.91 bits per heavy atom. The summed E-state index contributed by atoms with van der Waals surface area (Å²) in [5.41, 5.74) is 2.64. The molecule has 2 aromatic heterocycles. The Bertz CT molecular complexity index is 780. The zero-order chi connectivity index (χ0) is 16.6. The quantitative estimate of drug-likeness (QED) is 0.483. The van der Waals surface area contributed by atoms with Gasteiger partial charge in [0.1, 0.15) is 17.2 Å². The van der Waals surface area contributed by atoms with Gasteiger partial charge in [-0.2, -0.15) is 5.10 Å². The number of pyridine rings is 1. The maximum atomic E-state index is 12.8.